The summed E-state index contributed by atoms with van der Waals surface area (Å²) in [6.07, 6.45) is 0.868. The maximum absolute atomic E-state index is 10.5. The molecule has 0 N–H and O–H groups in total. The molecular weight excluding hydrogens is 106 g/mol. The molecule has 0 aromatic rings. The van der Waals surface area contributed by atoms with Gasteiger partial charge in [-0.3, -0.25) is 4.79 Å². The van der Waals surface area contributed by atoms with Gasteiger partial charge in [0.2, 0.25) is 0 Å². The first kappa shape index (κ1) is 5.56. The maximum atomic E-state index is 10.5. The highest BCUT2D eigenvalue weighted by atomic mass is 16.5. The van der Waals surface area contributed by atoms with Crippen LogP contribution < -0.4 is 5.32 Å². The highest BCUT2D eigenvalue weighted by molar-refractivity contribution is 5.76. The Labute approximate surface area is 48.0 Å². The molecule has 3 nitrogen and oxygen atoms in total. The number of methoxy groups -OCH3 is 1. The Kier molecular flexibility index (Phi) is 1.48. The number of esters is 1. The van der Waals surface area contributed by atoms with Crippen molar-refractivity contribution in [2.75, 3.05) is 13.7 Å². The van der Waals surface area contributed by atoms with Crippen LogP contribution in [0, 0.1) is 0 Å². The molecule has 1 rings (SSSR count). The molecule has 1 aliphatic heterocycles. The molecule has 45 valence electrons. The Morgan fingerprint density at radius 3 is 2.62 bits per heavy atom. The van der Waals surface area contributed by atoms with Crippen molar-refractivity contribution in [3.8, 4) is 0 Å². The van der Waals surface area contributed by atoms with Crippen LogP contribution in [0.15, 0.2) is 0 Å². The second kappa shape index (κ2) is 2.13. The Balaban J connectivity index is 2.24. The first-order chi connectivity index (χ1) is 3.84. The highest BCUT2D eigenvalue weighted by Gasteiger charge is 2.26. The van der Waals surface area contributed by atoms with Crippen LogP contribution in [0.4, 0.5) is 0 Å². The van der Waals surface area contributed by atoms with E-state index in [2.05, 4.69) is 10.1 Å². The van der Waals surface area contributed by atoms with E-state index in [1.807, 2.05) is 0 Å². The minimum Gasteiger partial charge on any atom is -0.468 e. The number of carbonyl (C=O) groups excluding carboxylic acids is 1. The standard InChI is InChI=1S/C5H8NO2/c1-8-5(7)4-2-3-6-4/h4H,2-3H2,1H3/t4-/m0/s1. The van der Waals surface area contributed by atoms with Gasteiger partial charge in [0.1, 0.15) is 6.04 Å². The van der Waals surface area contributed by atoms with E-state index < -0.39 is 0 Å². The Bertz CT molecular complexity index is 98.6. The van der Waals surface area contributed by atoms with Gasteiger partial charge in [0.05, 0.1) is 7.11 Å². The van der Waals surface area contributed by atoms with Gasteiger partial charge in [-0.2, -0.15) is 0 Å². The van der Waals surface area contributed by atoms with Crippen LogP contribution in [0.5, 0.6) is 0 Å². The number of rotatable bonds is 1. The summed E-state index contributed by atoms with van der Waals surface area (Å²) in [7, 11) is 1.39. The molecule has 0 unspecified atom stereocenters. The number of ether oxygens (including phenoxy) is 1. The SMILES string of the molecule is COC(=O)[C@@H]1CC[N]1. The molecule has 1 radical (unpaired) electrons. The van der Waals surface area contributed by atoms with E-state index in [9.17, 15) is 4.79 Å². The van der Waals surface area contributed by atoms with Crippen LogP contribution >= 0.6 is 0 Å². The fourth-order valence-corrected chi connectivity index (χ4v) is 0.587. The lowest BCUT2D eigenvalue weighted by Crippen LogP contribution is -2.43. The zero-order valence-corrected chi connectivity index (χ0v) is 4.76. The van der Waals surface area contributed by atoms with Crippen LogP contribution in [0.1, 0.15) is 6.42 Å². The van der Waals surface area contributed by atoms with Crippen molar-refractivity contribution in [3.05, 3.63) is 0 Å². The summed E-state index contributed by atoms with van der Waals surface area (Å²) in [5.74, 6) is -0.198. The van der Waals surface area contributed by atoms with Crippen molar-refractivity contribution in [1.29, 1.82) is 0 Å². The molecule has 1 atom stereocenters. The second-order valence-corrected chi connectivity index (χ2v) is 1.73. The molecule has 0 spiro atoms. The Hall–Kier alpha value is -0.570. The first-order valence-electron chi connectivity index (χ1n) is 2.59. The quantitative estimate of drug-likeness (QED) is 0.432. The van der Waals surface area contributed by atoms with E-state index in [0.29, 0.717) is 0 Å². The van der Waals surface area contributed by atoms with Crippen LogP contribution in [-0.2, 0) is 9.53 Å². The summed E-state index contributed by atoms with van der Waals surface area (Å²) in [5, 5.41) is 3.87. The average molecular weight is 114 g/mol. The van der Waals surface area contributed by atoms with Crippen molar-refractivity contribution in [2.45, 2.75) is 12.5 Å². The molecule has 0 aromatic carbocycles. The molecule has 0 aliphatic carbocycles. The summed E-state index contributed by atoms with van der Waals surface area (Å²) in [5.41, 5.74) is 0. The third kappa shape index (κ3) is 0.816. The normalized spacial score (nSPS) is 26.4. The number of nitrogens with zero attached hydrogens (tertiary/aromatic N) is 1. The van der Waals surface area contributed by atoms with Gasteiger partial charge in [0.25, 0.3) is 0 Å². The molecule has 0 aromatic heterocycles. The maximum Gasteiger partial charge on any atom is 0.324 e. The molecule has 8 heavy (non-hydrogen) atoms. The first-order valence-corrected chi connectivity index (χ1v) is 2.59. The summed E-state index contributed by atoms with van der Waals surface area (Å²) < 4.78 is 4.42. The largest absolute Gasteiger partial charge is 0.468 e. The molecule has 1 heterocycles. The van der Waals surface area contributed by atoms with E-state index in [4.69, 9.17) is 0 Å². The van der Waals surface area contributed by atoms with Gasteiger partial charge < -0.3 is 4.74 Å². The number of hydrogen-bond acceptors (Lipinski definition) is 2. The summed E-state index contributed by atoms with van der Waals surface area (Å²) >= 11 is 0. The molecule has 0 bridgehead atoms. The van der Waals surface area contributed by atoms with E-state index in [-0.39, 0.29) is 12.0 Å². The highest BCUT2D eigenvalue weighted by Crippen LogP contribution is 2.04. The smallest absolute Gasteiger partial charge is 0.324 e. The Morgan fingerprint density at radius 1 is 1.88 bits per heavy atom. The monoisotopic (exact) mass is 114 g/mol. The van der Waals surface area contributed by atoms with Crippen molar-refractivity contribution in [1.82, 2.24) is 5.32 Å². The predicted octanol–water partition coefficient (Wildman–Crippen LogP) is -0.464. The Morgan fingerprint density at radius 2 is 2.50 bits per heavy atom. The van der Waals surface area contributed by atoms with Gasteiger partial charge >= 0.3 is 5.97 Å². The average Bonchev–Trinajstić information content (AvgIpc) is 1.62. The number of carbonyl (C=O) groups is 1. The van der Waals surface area contributed by atoms with Crippen LogP contribution in [0.25, 0.3) is 0 Å². The van der Waals surface area contributed by atoms with E-state index in [1.54, 1.807) is 0 Å². The predicted molar refractivity (Wildman–Crippen MR) is 27.4 cm³/mol. The van der Waals surface area contributed by atoms with Gasteiger partial charge in [-0.05, 0) is 6.42 Å². The third-order valence-corrected chi connectivity index (χ3v) is 1.23. The molecule has 0 saturated carbocycles. The van der Waals surface area contributed by atoms with Gasteiger partial charge in [0, 0.05) is 6.54 Å². The summed E-state index contributed by atoms with van der Waals surface area (Å²) in [6.45, 7) is 0.819. The second-order valence-electron chi connectivity index (χ2n) is 1.73. The molecule has 3 heteroatoms. The number of hydrogen-bond donors (Lipinski definition) is 0. The lowest BCUT2D eigenvalue weighted by atomic mass is 10.1. The van der Waals surface area contributed by atoms with E-state index >= 15 is 0 Å². The van der Waals surface area contributed by atoms with Crippen LogP contribution in [-0.4, -0.2) is 25.7 Å². The van der Waals surface area contributed by atoms with Gasteiger partial charge in [-0.1, -0.05) is 0 Å². The molecule has 0 amide bonds. The molecule has 1 fully saturated rings. The zero-order valence-electron chi connectivity index (χ0n) is 4.76. The fraction of sp³-hybridized carbons (Fsp3) is 0.800. The fourth-order valence-electron chi connectivity index (χ4n) is 0.587. The van der Waals surface area contributed by atoms with Crippen LogP contribution in [0.2, 0.25) is 0 Å². The van der Waals surface area contributed by atoms with E-state index in [0.717, 1.165) is 13.0 Å². The minimum absolute atomic E-state index is 0.139. The molecular formula is C5H8NO2. The van der Waals surface area contributed by atoms with Crippen molar-refractivity contribution in [2.24, 2.45) is 0 Å². The summed E-state index contributed by atoms with van der Waals surface area (Å²) in [6, 6.07) is -0.139. The van der Waals surface area contributed by atoms with Crippen LogP contribution in [0.3, 0.4) is 0 Å². The van der Waals surface area contributed by atoms with Gasteiger partial charge in [0.15, 0.2) is 0 Å². The zero-order chi connectivity index (χ0) is 5.98. The van der Waals surface area contributed by atoms with E-state index in [1.165, 1.54) is 7.11 Å². The topological polar surface area (TPSA) is 40.4 Å². The molecule has 1 saturated heterocycles. The van der Waals surface area contributed by atoms with Gasteiger partial charge in [-0.15, -0.1) is 0 Å². The molecule has 1 aliphatic rings. The third-order valence-electron chi connectivity index (χ3n) is 1.23. The lowest BCUT2D eigenvalue weighted by Gasteiger charge is -2.21. The van der Waals surface area contributed by atoms with Crippen molar-refractivity contribution >= 4 is 5.97 Å². The van der Waals surface area contributed by atoms with Crippen molar-refractivity contribution < 1.29 is 9.53 Å². The van der Waals surface area contributed by atoms with Gasteiger partial charge in [-0.25, -0.2) is 5.32 Å². The lowest BCUT2D eigenvalue weighted by molar-refractivity contribution is -0.145. The van der Waals surface area contributed by atoms with Crippen molar-refractivity contribution in [3.63, 3.8) is 0 Å². The minimum atomic E-state index is -0.198. The summed E-state index contributed by atoms with van der Waals surface area (Å²) in [4.78, 5) is 10.5.